The Kier molecular flexibility index (Phi) is 4.74. The van der Waals surface area contributed by atoms with E-state index in [1.165, 1.54) is 35.7 Å². The van der Waals surface area contributed by atoms with Crippen LogP contribution in [0.5, 0.6) is 0 Å². The van der Waals surface area contributed by atoms with Gasteiger partial charge in [0.05, 0.1) is 4.34 Å². The highest BCUT2D eigenvalue weighted by atomic mass is 35.5. The minimum Gasteiger partial charge on any atom is -0.299 e. The number of carbonyl (C=O) groups excluding carboxylic acids is 1. The average Bonchev–Trinajstić information content (AvgIpc) is 2.65. The predicted octanol–water partition coefficient (Wildman–Crippen LogP) is 4.05. The first kappa shape index (κ1) is 12.5. The Morgan fingerprint density at radius 2 is 2.12 bits per heavy atom. The largest absolute Gasteiger partial charge is 0.299 e. The molecule has 1 aromatic rings. The molecule has 1 aromatic heterocycles. The smallest absolute Gasteiger partial charge is 0.138 e. The van der Waals surface area contributed by atoms with Crippen LogP contribution in [-0.2, 0) is 11.2 Å². The molecule has 0 spiro atoms. The molecular weight excluding hydrogens is 260 g/mol. The second-order valence-corrected chi connectivity index (χ2v) is 7.21. The van der Waals surface area contributed by atoms with Gasteiger partial charge in [-0.15, -0.1) is 11.3 Å². The Morgan fingerprint density at radius 1 is 1.38 bits per heavy atom. The van der Waals surface area contributed by atoms with Crippen molar-refractivity contribution in [3.05, 3.63) is 21.3 Å². The summed E-state index contributed by atoms with van der Waals surface area (Å²) in [5.74, 6) is 3.45. The lowest BCUT2D eigenvalue weighted by Gasteiger charge is -2.20. The van der Waals surface area contributed by atoms with E-state index in [4.69, 9.17) is 11.6 Å². The van der Waals surface area contributed by atoms with Crippen LogP contribution in [0.1, 0.15) is 24.1 Å². The highest BCUT2D eigenvalue weighted by Gasteiger charge is 2.17. The minimum absolute atomic E-state index is 0.371. The lowest BCUT2D eigenvalue weighted by Crippen LogP contribution is -2.15. The molecule has 0 radical (unpaired) electrons. The summed E-state index contributed by atoms with van der Waals surface area (Å²) in [7, 11) is 0. The number of hydrogen-bond acceptors (Lipinski definition) is 3. The maximum atomic E-state index is 11.8. The lowest BCUT2D eigenvalue weighted by molar-refractivity contribution is -0.119. The maximum absolute atomic E-state index is 11.8. The van der Waals surface area contributed by atoms with Gasteiger partial charge in [-0.3, -0.25) is 4.79 Å². The second kappa shape index (κ2) is 6.08. The van der Waals surface area contributed by atoms with E-state index in [0.717, 1.165) is 15.6 Å². The second-order valence-electron chi connectivity index (χ2n) is 4.18. The van der Waals surface area contributed by atoms with Crippen LogP contribution >= 0.6 is 34.7 Å². The van der Waals surface area contributed by atoms with Crippen molar-refractivity contribution >= 4 is 40.5 Å². The summed E-state index contributed by atoms with van der Waals surface area (Å²) >= 11 is 9.37. The monoisotopic (exact) mass is 274 g/mol. The molecule has 2 heterocycles. The molecule has 1 aliphatic heterocycles. The van der Waals surface area contributed by atoms with Crippen LogP contribution in [0.25, 0.3) is 0 Å². The zero-order valence-electron chi connectivity index (χ0n) is 9.08. The molecule has 0 amide bonds. The van der Waals surface area contributed by atoms with Gasteiger partial charge in [0, 0.05) is 17.7 Å². The molecule has 0 unspecified atom stereocenters. The van der Waals surface area contributed by atoms with E-state index in [0.29, 0.717) is 18.1 Å². The van der Waals surface area contributed by atoms with Crippen molar-refractivity contribution in [3.63, 3.8) is 0 Å². The molecule has 16 heavy (non-hydrogen) atoms. The fourth-order valence-electron chi connectivity index (χ4n) is 1.99. The molecule has 4 heteroatoms. The van der Waals surface area contributed by atoms with Gasteiger partial charge in [0.15, 0.2) is 0 Å². The summed E-state index contributed by atoms with van der Waals surface area (Å²) < 4.78 is 0.775. The van der Waals surface area contributed by atoms with Gasteiger partial charge in [0.25, 0.3) is 0 Å². The Hall–Kier alpha value is 0.01000. The SMILES string of the molecule is O=C(Cc1ccc(Cl)s1)CC1CCSCC1. The fraction of sp³-hybridized carbons (Fsp3) is 0.583. The van der Waals surface area contributed by atoms with Gasteiger partial charge in [-0.25, -0.2) is 0 Å². The summed E-state index contributed by atoms with van der Waals surface area (Å²) in [4.78, 5) is 12.9. The van der Waals surface area contributed by atoms with E-state index in [9.17, 15) is 4.79 Å². The summed E-state index contributed by atoms with van der Waals surface area (Å²) in [6.45, 7) is 0. The van der Waals surface area contributed by atoms with Gasteiger partial charge in [-0.2, -0.15) is 11.8 Å². The molecule has 1 aliphatic rings. The van der Waals surface area contributed by atoms with Crippen LogP contribution in [0.4, 0.5) is 0 Å². The van der Waals surface area contributed by atoms with Crippen LogP contribution in [0, 0.1) is 5.92 Å². The Morgan fingerprint density at radius 3 is 2.75 bits per heavy atom. The molecule has 1 fully saturated rings. The van der Waals surface area contributed by atoms with Gasteiger partial charge >= 0.3 is 0 Å². The molecular formula is C12H15ClOS2. The third-order valence-electron chi connectivity index (χ3n) is 2.86. The van der Waals surface area contributed by atoms with Gasteiger partial charge < -0.3 is 0 Å². The quantitative estimate of drug-likeness (QED) is 0.824. The third kappa shape index (κ3) is 3.79. The van der Waals surface area contributed by atoms with Gasteiger partial charge in [0.2, 0.25) is 0 Å². The fourth-order valence-corrected chi connectivity index (χ4v) is 4.31. The highest BCUT2D eigenvalue weighted by Crippen LogP contribution is 2.27. The first-order valence-electron chi connectivity index (χ1n) is 5.57. The number of halogens is 1. The number of hydrogen-bond donors (Lipinski definition) is 0. The van der Waals surface area contributed by atoms with E-state index >= 15 is 0 Å². The van der Waals surface area contributed by atoms with Crippen LogP contribution < -0.4 is 0 Å². The highest BCUT2D eigenvalue weighted by molar-refractivity contribution is 7.99. The number of Topliss-reactive ketones (excluding diaryl/α,β-unsaturated/α-hetero) is 1. The van der Waals surface area contributed by atoms with E-state index < -0.39 is 0 Å². The van der Waals surface area contributed by atoms with E-state index in [-0.39, 0.29) is 0 Å². The van der Waals surface area contributed by atoms with Crippen molar-refractivity contribution in [1.82, 2.24) is 0 Å². The average molecular weight is 275 g/mol. The van der Waals surface area contributed by atoms with Crippen molar-refractivity contribution in [1.29, 1.82) is 0 Å². The van der Waals surface area contributed by atoms with E-state index in [2.05, 4.69) is 0 Å². The predicted molar refractivity (Wildman–Crippen MR) is 72.7 cm³/mol. The standard InChI is InChI=1S/C12H15ClOS2/c13-12-2-1-11(16-12)8-10(14)7-9-3-5-15-6-4-9/h1-2,9H,3-8H2. The summed E-state index contributed by atoms with van der Waals surface area (Å²) in [5, 5.41) is 0. The van der Waals surface area contributed by atoms with Crippen LogP contribution in [-0.4, -0.2) is 17.3 Å². The van der Waals surface area contributed by atoms with Crippen LogP contribution in [0.3, 0.4) is 0 Å². The zero-order chi connectivity index (χ0) is 11.4. The van der Waals surface area contributed by atoms with Gasteiger partial charge in [-0.1, -0.05) is 11.6 Å². The lowest BCUT2D eigenvalue weighted by atomic mass is 9.95. The minimum atomic E-state index is 0.371. The molecule has 0 saturated carbocycles. The van der Waals surface area contributed by atoms with Crippen LogP contribution in [0.15, 0.2) is 12.1 Å². The topological polar surface area (TPSA) is 17.1 Å². The Labute approximate surface area is 110 Å². The molecule has 0 aliphatic carbocycles. The molecule has 0 N–H and O–H groups in total. The summed E-state index contributed by atoms with van der Waals surface area (Å²) in [6.07, 6.45) is 3.75. The first-order valence-corrected chi connectivity index (χ1v) is 7.92. The molecule has 1 saturated heterocycles. The van der Waals surface area contributed by atoms with Gasteiger partial charge in [-0.05, 0) is 42.4 Å². The first-order chi connectivity index (χ1) is 7.74. The number of carbonyl (C=O) groups is 1. The maximum Gasteiger partial charge on any atom is 0.138 e. The Bertz CT molecular complexity index is 356. The molecule has 0 atom stereocenters. The summed E-state index contributed by atoms with van der Waals surface area (Å²) in [5.41, 5.74) is 0. The van der Waals surface area contributed by atoms with E-state index in [1.807, 2.05) is 23.9 Å². The number of thioether (sulfide) groups is 1. The van der Waals surface area contributed by atoms with Crippen molar-refractivity contribution in [2.45, 2.75) is 25.7 Å². The molecule has 1 nitrogen and oxygen atoms in total. The number of ketones is 1. The van der Waals surface area contributed by atoms with Gasteiger partial charge in [0.1, 0.15) is 5.78 Å². The molecule has 0 aromatic carbocycles. The van der Waals surface area contributed by atoms with Crippen molar-refractivity contribution in [3.8, 4) is 0 Å². The molecule has 0 bridgehead atoms. The Balaban J connectivity index is 1.79. The number of thiophene rings is 1. The normalized spacial score (nSPS) is 17.6. The third-order valence-corrected chi connectivity index (χ3v) is 5.14. The molecule has 2 rings (SSSR count). The zero-order valence-corrected chi connectivity index (χ0v) is 11.5. The molecule has 88 valence electrons. The summed E-state index contributed by atoms with van der Waals surface area (Å²) in [6, 6.07) is 3.83. The van der Waals surface area contributed by atoms with Crippen molar-refractivity contribution in [2.24, 2.45) is 5.92 Å². The van der Waals surface area contributed by atoms with Crippen molar-refractivity contribution < 1.29 is 4.79 Å². The van der Waals surface area contributed by atoms with Crippen LogP contribution in [0.2, 0.25) is 4.34 Å². The van der Waals surface area contributed by atoms with E-state index in [1.54, 1.807) is 0 Å². The van der Waals surface area contributed by atoms with Crippen molar-refractivity contribution in [2.75, 3.05) is 11.5 Å². The number of rotatable bonds is 4.